The summed E-state index contributed by atoms with van der Waals surface area (Å²) in [5.74, 6) is -0.985. The first-order valence-electron chi connectivity index (χ1n) is 6.04. The fraction of sp³-hybridized carbons (Fsp3) is 0.0667. The Morgan fingerprint density at radius 3 is 2.85 bits per heavy atom. The molecule has 2 aromatic carbocycles. The van der Waals surface area contributed by atoms with Crippen LogP contribution in [-0.2, 0) is 0 Å². The Kier molecular flexibility index (Phi) is 2.95. The second-order valence-electron chi connectivity index (χ2n) is 4.55. The molecule has 1 N–H and O–H groups in total. The van der Waals surface area contributed by atoms with Crippen LogP contribution in [0.25, 0.3) is 16.7 Å². The summed E-state index contributed by atoms with van der Waals surface area (Å²) in [6.07, 6.45) is 1.60. The van der Waals surface area contributed by atoms with Gasteiger partial charge in [0.15, 0.2) is 0 Å². The highest BCUT2D eigenvalue weighted by molar-refractivity contribution is 6.32. The first-order chi connectivity index (χ1) is 9.58. The van der Waals surface area contributed by atoms with Crippen LogP contribution in [0.15, 0.2) is 42.7 Å². The van der Waals surface area contributed by atoms with Crippen molar-refractivity contribution < 1.29 is 9.90 Å². The molecule has 4 nitrogen and oxygen atoms in total. The number of carbonyl (C=O) groups is 1. The maximum atomic E-state index is 11.4. The predicted molar refractivity (Wildman–Crippen MR) is 77.8 cm³/mol. The van der Waals surface area contributed by atoms with Crippen molar-refractivity contribution in [3.63, 3.8) is 0 Å². The highest BCUT2D eigenvalue weighted by Gasteiger charge is 2.15. The minimum Gasteiger partial charge on any atom is -0.478 e. The monoisotopic (exact) mass is 286 g/mol. The second-order valence-corrected chi connectivity index (χ2v) is 4.96. The van der Waals surface area contributed by atoms with Crippen molar-refractivity contribution in [2.45, 2.75) is 6.92 Å². The predicted octanol–water partition coefficient (Wildman–Crippen LogP) is 3.69. The smallest absolute Gasteiger partial charge is 0.337 e. The van der Waals surface area contributed by atoms with Crippen LogP contribution in [0.4, 0.5) is 0 Å². The topological polar surface area (TPSA) is 55.1 Å². The molecule has 1 aromatic heterocycles. The number of fused-ring (bicyclic) bond motifs is 1. The number of para-hydroxylation sites is 1. The van der Waals surface area contributed by atoms with Crippen molar-refractivity contribution in [2.24, 2.45) is 0 Å². The van der Waals surface area contributed by atoms with Gasteiger partial charge >= 0.3 is 5.97 Å². The Bertz CT molecular complexity index is 824. The molecule has 0 radical (unpaired) electrons. The summed E-state index contributed by atoms with van der Waals surface area (Å²) in [6, 6.07) is 10.6. The van der Waals surface area contributed by atoms with Gasteiger partial charge in [-0.05, 0) is 36.8 Å². The van der Waals surface area contributed by atoms with Gasteiger partial charge in [0.1, 0.15) is 6.33 Å². The molecule has 0 aliphatic carbocycles. The number of hydrogen-bond acceptors (Lipinski definition) is 2. The van der Waals surface area contributed by atoms with Crippen molar-refractivity contribution >= 4 is 28.6 Å². The number of aromatic carboxylic acids is 1. The molecule has 0 saturated heterocycles. The van der Waals surface area contributed by atoms with E-state index in [1.807, 2.05) is 19.1 Å². The summed E-state index contributed by atoms with van der Waals surface area (Å²) < 4.78 is 1.72. The average molecular weight is 287 g/mol. The van der Waals surface area contributed by atoms with Crippen LogP contribution < -0.4 is 0 Å². The average Bonchev–Trinajstić information content (AvgIpc) is 2.85. The Hall–Kier alpha value is -2.33. The third-order valence-corrected chi connectivity index (χ3v) is 3.48. The summed E-state index contributed by atoms with van der Waals surface area (Å²) in [5, 5.41) is 9.87. The van der Waals surface area contributed by atoms with Crippen LogP contribution in [0.1, 0.15) is 15.9 Å². The van der Waals surface area contributed by atoms with Crippen molar-refractivity contribution in [3.05, 3.63) is 58.9 Å². The third kappa shape index (κ3) is 1.94. The number of halogens is 1. The number of imidazole rings is 1. The molecule has 0 aliphatic rings. The van der Waals surface area contributed by atoms with E-state index in [9.17, 15) is 9.90 Å². The van der Waals surface area contributed by atoms with E-state index in [-0.39, 0.29) is 5.56 Å². The van der Waals surface area contributed by atoms with Gasteiger partial charge in [-0.25, -0.2) is 9.78 Å². The normalized spacial score (nSPS) is 10.9. The van der Waals surface area contributed by atoms with E-state index in [1.165, 1.54) is 0 Å². The van der Waals surface area contributed by atoms with E-state index >= 15 is 0 Å². The van der Waals surface area contributed by atoms with E-state index in [2.05, 4.69) is 4.98 Å². The Morgan fingerprint density at radius 1 is 1.30 bits per heavy atom. The lowest BCUT2D eigenvalue weighted by atomic mass is 10.1. The van der Waals surface area contributed by atoms with Gasteiger partial charge in [-0.15, -0.1) is 0 Å². The maximum absolute atomic E-state index is 11.4. The molecular weight excluding hydrogens is 276 g/mol. The van der Waals surface area contributed by atoms with E-state index in [4.69, 9.17) is 11.6 Å². The molecule has 3 rings (SSSR count). The lowest BCUT2D eigenvalue weighted by molar-refractivity contribution is 0.0698. The van der Waals surface area contributed by atoms with Gasteiger partial charge in [-0.2, -0.15) is 0 Å². The highest BCUT2D eigenvalue weighted by Crippen LogP contribution is 2.27. The number of hydrogen-bond donors (Lipinski definition) is 1. The van der Waals surface area contributed by atoms with Gasteiger partial charge < -0.3 is 5.11 Å². The molecule has 0 amide bonds. The van der Waals surface area contributed by atoms with Gasteiger partial charge in [0, 0.05) is 0 Å². The van der Waals surface area contributed by atoms with Crippen LogP contribution in [0, 0.1) is 6.92 Å². The van der Waals surface area contributed by atoms with Crippen LogP contribution in [0.3, 0.4) is 0 Å². The summed E-state index contributed by atoms with van der Waals surface area (Å²) >= 11 is 6.22. The van der Waals surface area contributed by atoms with Crippen LogP contribution in [0.5, 0.6) is 0 Å². The number of rotatable bonds is 2. The quantitative estimate of drug-likeness (QED) is 0.782. The molecule has 5 heteroatoms. The number of benzene rings is 2. The zero-order valence-corrected chi connectivity index (χ0v) is 11.4. The van der Waals surface area contributed by atoms with Gasteiger partial charge in [0.25, 0.3) is 0 Å². The number of aryl methyl sites for hydroxylation is 1. The fourth-order valence-corrected chi connectivity index (χ4v) is 2.44. The Balaban J connectivity index is 2.37. The molecule has 3 aromatic rings. The molecule has 100 valence electrons. The summed E-state index contributed by atoms with van der Waals surface area (Å²) in [6.45, 7) is 1.96. The lowest BCUT2D eigenvalue weighted by Gasteiger charge is -2.09. The largest absolute Gasteiger partial charge is 0.478 e. The number of carboxylic acids is 1. The SMILES string of the molecule is Cc1ccc(Cl)c(-n2cnc3cccc(C(=O)O)c32)c1. The number of carboxylic acid groups (broad SMARTS) is 1. The van der Waals surface area contributed by atoms with Crippen molar-refractivity contribution in [1.29, 1.82) is 0 Å². The second kappa shape index (κ2) is 4.65. The third-order valence-electron chi connectivity index (χ3n) is 3.16. The summed E-state index contributed by atoms with van der Waals surface area (Å²) in [5.41, 5.74) is 3.15. The summed E-state index contributed by atoms with van der Waals surface area (Å²) in [4.78, 5) is 15.6. The first-order valence-corrected chi connectivity index (χ1v) is 6.41. The molecule has 0 saturated carbocycles. The molecule has 1 heterocycles. The van der Waals surface area contributed by atoms with E-state index in [0.29, 0.717) is 16.1 Å². The maximum Gasteiger partial charge on any atom is 0.337 e. The molecule has 20 heavy (non-hydrogen) atoms. The van der Waals surface area contributed by atoms with Crippen molar-refractivity contribution in [2.75, 3.05) is 0 Å². The van der Waals surface area contributed by atoms with Crippen molar-refractivity contribution in [1.82, 2.24) is 9.55 Å². The van der Waals surface area contributed by atoms with E-state index < -0.39 is 5.97 Å². The minimum atomic E-state index is -0.985. The van der Waals surface area contributed by atoms with E-state index in [0.717, 1.165) is 11.3 Å². The van der Waals surface area contributed by atoms with Crippen LogP contribution in [-0.4, -0.2) is 20.6 Å². The van der Waals surface area contributed by atoms with Gasteiger partial charge in [0.2, 0.25) is 0 Å². The first kappa shape index (κ1) is 12.7. The molecule has 0 bridgehead atoms. The van der Waals surface area contributed by atoms with Crippen molar-refractivity contribution in [3.8, 4) is 5.69 Å². The fourth-order valence-electron chi connectivity index (χ4n) is 2.23. The van der Waals surface area contributed by atoms with Crippen LogP contribution in [0.2, 0.25) is 5.02 Å². The van der Waals surface area contributed by atoms with Gasteiger partial charge in [0.05, 0.1) is 27.3 Å². The van der Waals surface area contributed by atoms with E-state index in [1.54, 1.807) is 35.2 Å². The van der Waals surface area contributed by atoms with Gasteiger partial charge in [-0.3, -0.25) is 4.57 Å². The number of aromatic nitrogens is 2. The molecule has 0 unspecified atom stereocenters. The highest BCUT2D eigenvalue weighted by atomic mass is 35.5. The molecule has 0 spiro atoms. The Morgan fingerprint density at radius 2 is 2.10 bits per heavy atom. The summed E-state index contributed by atoms with van der Waals surface area (Å²) in [7, 11) is 0. The molecule has 0 atom stereocenters. The van der Waals surface area contributed by atoms with Gasteiger partial charge in [-0.1, -0.05) is 23.7 Å². The van der Waals surface area contributed by atoms with Crippen LogP contribution >= 0.6 is 11.6 Å². The molecule has 0 fully saturated rings. The molecular formula is C15H11ClN2O2. The zero-order valence-electron chi connectivity index (χ0n) is 10.7. The molecule has 0 aliphatic heterocycles. The Labute approximate surface area is 120 Å². The number of nitrogens with zero attached hydrogens (tertiary/aromatic N) is 2. The lowest BCUT2D eigenvalue weighted by Crippen LogP contribution is -2.02. The minimum absolute atomic E-state index is 0.206. The zero-order chi connectivity index (χ0) is 14.3. The standard InChI is InChI=1S/C15H11ClN2O2/c1-9-5-6-11(16)13(7-9)18-8-17-12-4-2-3-10(14(12)18)15(19)20/h2-8H,1H3,(H,19,20).